The zero-order chi connectivity index (χ0) is 15.4. The van der Waals surface area contributed by atoms with Gasteiger partial charge in [-0.05, 0) is 44.7 Å². The van der Waals surface area contributed by atoms with Crippen LogP contribution in [0.25, 0.3) is 0 Å². The lowest BCUT2D eigenvalue weighted by atomic mass is 9.94. The molecular formula is C19H39N. The normalized spacial score (nSPS) is 14.3. The number of hydrogen-bond donors (Lipinski definition) is 0. The van der Waals surface area contributed by atoms with E-state index in [9.17, 15) is 0 Å². The van der Waals surface area contributed by atoms with E-state index >= 15 is 0 Å². The Hall–Kier alpha value is -0.300. The lowest BCUT2D eigenvalue weighted by molar-refractivity contribution is 0.336. The van der Waals surface area contributed by atoms with Crippen LogP contribution in [-0.2, 0) is 0 Å². The first-order valence-corrected chi connectivity index (χ1v) is 8.87. The minimum atomic E-state index is 0.868. The van der Waals surface area contributed by atoms with Crippen molar-refractivity contribution in [3.8, 4) is 0 Å². The third kappa shape index (κ3) is 11.5. The molecule has 0 N–H and O–H groups in total. The fraction of sp³-hybridized carbons (Fsp3) is 0.895. The van der Waals surface area contributed by atoms with E-state index in [1.54, 1.807) is 5.57 Å². The van der Waals surface area contributed by atoms with Gasteiger partial charge in [-0.15, -0.1) is 0 Å². The summed E-state index contributed by atoms with van der Waals surface area (Å²) >= 11 is 0. The van der Waals surface area contributed by atoms with E-state index in [2.05, 4.69) is 52.5 Å². The summed E-state index contributed by atoms with van der Waals surface area (Å²) in [6, 6.07) is 0. The average molecular weight is 282 g/mol. The molecule has 1 atom stereocenters. The van der Waals surface area contributed by atoms with Crippen LogP contribution in [0.15, 0.2) is 11.6 Å². The summed E-state index contributed by atoms with van der Waals surface area (Å²) in [5.41, 5.74) is 1.58. The summed E-state index contributed by atoms with van der Waals surface area (Å²) in [4.78, 5) is 2.47. The quantitative estimate of drug-likeness (QED) is 0.402. The molecule has 0 amide bonds. The summed E-state index contributed by atoms with van der Waals surface area (Å²) in [6.45, 7) is 17.3. The first kappa shape index (κ1) is 19.7. The van der Waals surface area contributed by atoms with E-state index in [4.69, 9.17) is 0 Å². The molecule has 0 rings (SSSR count). The van der Waals surface area contributed by atoms with Crippen LogP contribution in [0, 0.1) is 11.8 Å². The van der Waals surface area contributed by atoms with E-state index in [1.165, 1.54) is 38.5 Å². The van der Waals surface area contributed by atoms with E-state index in [0.29, 0.717) is 0 Å². The van der Waals surface area contributed by atoms with Gasteiger partial charge in [0, 0.05) is 6.54 Å². The molecule has 0 aromatic heterocycles. The summed E-state index contributed by atoms with van der Waals surface area (Å²) in [7, 11) is 0. The van der Waals surface area contributed by atoms with Crippen LogP contribution in [-0.4, -0.2) is 24.5 Å². The molecule has 0 aromatic carbocycles. The molecule has 120 valence electrons. The Morgan fingerprint density at radius 2 is 1.55 bits per heavy atom. The topological polar surface area (TPSA) is 3.24 Å². The largest absolute Gasteiger partial charge is 0.300 e. The van der Waals surface area contributed by atoms with Gasteiger partial charge < -0.3 is 4.90 Å². The molecule has 0 spiro atoms. The molecule has 0 aliphatic heterocycles. The molecule has 0 saturated carbocycles. The highest BCUT2D eigenvalue weighted by Gasteiger charge is 2.03. The Morgan fingerprint density at radius 1 is 0.950 bits per heavy atom. The van der Waals surface area contributed by atoms with Crippen molar-refractivity contribution in [3.63, 3.8) is 0 Å². The second-order valence-corrected chi connectivity index (χ2v) is 6.86. The van der Waals surface area contributed by atoms with Crippen LogP contribution < -0.4 is 0 Å². The van der Waals surface area contributed by atoms with Crippen LogP contribution in [0.2, 0.25) is 0 Å². The van der Waals surface area contributed by atoms with Crippen LogP contribution in [0.4, 0.5) is 0 Å². The summed E-state index contributed by atoms with van der Waals surface area (Å²) in [5.74, 6) is 1.77. The highest BCUT2D eigenvalue weighted by atomic mass is 15.1. The lowest BCUT2D eigenvalue weighted by Crippen LogP contribution is -2.22. The SMILES string of the molecule is CCN(CC)CC=C(C)CCCC(C)CCCC(C)C. The summed E-state index contributed by atoms with van der Waals surface area (Å²) in [5, 5.41) is 0. The van der Waals surface area contributed by atoms with Crippen molar-refractivity contribution in [1.82, 2.24) is 4.90 Å². The molecule has 1 heteroatoms. The standard InChI is InChI=1S/C19H39N/c1-7-20(8-2)16-15-19(6)14-10-13-18(5)12-9-11-17(3)4/h15,17-18H,7-14,16H2,1-6H3. The molecule has 0 heterocycles. The van der Waals surface area contributed by atoms with Gasteiger partial charge in [0.2, 0.25) is 0 Å². The second kappa shape index (κ2) is 12.4. The van der Waals surface area contributed by atoms with Crippen LogP contribution in [0.1, 0.15) is 80.1 Å². The van der Waals surface area contributed by atoms with Crippen molar-refractivity contribution < 1.29 is 0 Å². The molecular weight excluding hydrogens is 242 g/mol. The molecule has 0 saturated heterocycles. The molecule has 20 heavy (non-hydrogen) atoms. The van der Waals surface area contributed by atoms with E-state index in [0.717, 1.165) is 31.5 Å². The third-order valence-corrected chi connectivity index (χ3v) is 4.34. The Balaban J connectivity index is 3.68. The second-order valence-electron chi connectivity index (χ2n) is 6.86. The smallest absolute Gasteiger partial charge is 0.0165 e. The van der Waals surface area contributed by atoms with E-state index in [-0.39, 0.29) is 0 Å². The number of likely N-dealkylation sites (N-methyl/N-ethyl adjacent to an activating group) is 1. The van der Waals surface area contributed by atoms with Gasteiger partial charge in [0.1, 0.15) is 0 Å². The van der Waals surface area contributed by atoms with Gasteiger partial charge in [0.25, 0.3) is 0 Å². The fourth-order valence-corrected chi connectivity index (χ4v) is 2.62. The van der Waals surface area contributed by atoms with E-state index in [1.807, 2.05) is 0 Å². The number of rotatable bonds is 12. The molecule has 0 aromatic rings. The molecule has 0 radical (unpaired) electrons. The van der Waals surface area contributed by atoms with Crippen LogP contribution >= 0.6 is 0 Å². The number of hydrogen-bond acceptors (Lipinski definition) is 1. The first-order chi connectivity index (χ1) is 9.49. The van der Waals surface area contributed by atoms with E-state index < -0.39 is 0 Å². The Kier molecular flexibility index (Phi) is 12.3. The van der Waals surface area contributed by atoms with Gasteiger partial charge in [0.15, 0.2) is 0 Å². The molecule has 0 bridgehead atoms. The minimum absolute atomic E-state index is 0.868. The van der Waals surface area contributed by atoms with Gasteiger partial charge in [-0.2, -0.15) is 0 Å². The number of nitrogens with zero attached hydrogens (tertiary/aromatic N) is 1. The zero-order valence-electron chi connectivity index (χ0n) is 15.0. The van der Waals surface area contributed by atoms with Gasteiger partial charge in [-0.3, -0.25) is 0 Å². The predicted octanol–water partition coefficient (Wildman–Crippen LogP) is 5.91. The molecule has 0 fully saturated rings. The summed E-state index contributed by atoms with van der Waals surface area (Å²) < 4.78 is 0. The van der Waals surface area contributed by atoms with Crippen LogP contribution in [0.5, 0.6) is 0 Å². The zero-order valence-corrected chi connectivity index (χ0v) is 15.0. The van der Waals surface area contributed by atoms with Crippen LogP contribution in [0.3, 0.4) is 0 Å². The Bertz CT molecular complexity index is 238. The molecule has 1 nitrogen and oxygen atoms in total. The van der Waals surface area contributed by atoms with Crippen molar-refractivity contribution in [3.05, 3.63) is 11.6 Å². The van der Waals surface area contributed by atoms with Gasteiger partial charge in [0.05, 0.1) is 0 Å². The monoisotopic (exact) mass is 281 g/mol. The molecule has 1 unspecified atom stereocenters. The van der Waals surface area contributed by atoms with Gasteiger partial charge in [-0.1, -0.05) is 72.0 Å². The lowest BCUT2D eigenvalue weighted by Gasteiger charge is -2.16. The molecule has 0 aliphatic rings. The van der Waals surface area contributed by atoms with Crippen molar-refractivity contribution in [1.29, 1.82) is 0 Å². The fourth-order valence-electron chi connectivity index (χ4n) is 2.62. The Labute approximate surface area is 128 Å². The maximum atomic E-state index is 2.47. The minimum Gasteiger partial charge on any atom is -0.300 e. The Morgan fingerprint density at radius 3 is 2.10 bits per heavy atom. The maximum Gasteiger partial charge on any atom is 0.0165 e. The maximum absolute atomic E-state index is 2.47. The first-order valence-electron chi connectivity index (χ1n) is 8.87. The highest BCUT2D eigenvalue weighted by Crippen LogP contribution is 2.19. The van der Waals surface area contributed by atoms with Crippen molar-refractivity contribution in [2.75, 3.05) is 19.6 Å². The third-order valence-electron chi connectivity index (χ3n) is 4.34. The summed E-state index contributed by atoms with van der Waals surface area (Å²) in [6.07, 6.45) is 10.7. The highest BCUT2D eigenvalue weighted by molar-refractivity contribution is 4.99. The van der Waals surface area contributed by atoms with Gasteiger partial charge >= 0.3 is 0 Å². The predicted molar refractivity (Wildman–Crippen MR) is 93.2 cm³/mol. The number of allylic oxidation sites excluding steroid dienone is 1. The van der Waals surface area contributed by atoms with Crippen molar-refractivity contribution in [2.24, 2.45) is 11.8 Å². The molecule has 0 aliphatic carbocycles. The average Bonchev–Trinajstić information content (AvgIpc) is 2.39. The van der Waals surface area contributed by atoms with Crippen molar-refractivity contribution in [2.45, 2.75) is 80.1 Å². The van der Waals surface area contributed by atoms with Crippen molar-refractivity contribution >= 4 is 0 Å². The van der Waals surface area contributed by atoms with Gasteiger partial charge in [-0.25, -0.2) is 0 Å².